The predicted molar refractivity (Wildman–Crippen MR) is 96.4 cm³/mol. The summed E-state index contributed by atoms with van der Waals surface area (Å²) < 4.78 is 1.93. The van der Waals surface area contributed by atoms with Crippen molar-refractivity contribution in [1.82, 2.24) is 9.47 Å². The Morgan fingerprint density at radius 1 is 1.24 bits per heavy atom. The van der Waals surface area contributed by atoms with Gasteiger partial charge in [0.1, 0.15) is 5.56 Å². The average molecular weight is 341 g/mol. The Labute approximate surface area is 146 Å². The molecule has 3 rings (SSSR count). The second-order valence-corrected chi connectivity index (χ2v) is 6.65. The number of primary amides is 1. The molecule has 1 saturated heterocycles. The summed E-state index contributed by atoms with van der Waals surface area (Å²) in [6.07, 6.45) is 2.76. The van der Waals surface area contributed by atoms with Gasteiger partial charge in [-0.2, -0.15) is 0 Å². The predicted octanol–water partition coefficient (Wildman–Crippen LogP) is 1.67. The molecule has 2 N–H and O–H groups in total. The molecule has 0 unspecified atom stereocenters. The van der Waals surface area contributed by atoms with E-state index in [1.807, 2.05) is 36.6 Å². The minimum absolute atomic E-state index is 0.185. The summed E-state index contributed by atoms with van der Waals surface area (Å²) in [6, 6.07) is 5.71. The van der Waals surface area contributed by atoms with Crippen molar-refractivity contribution in [1.29, 1.82) is 0 Å². The van der Waals surface area contributed by atoms with Crippen LogP contribution in [0.15, 0.2) is 29.2 Å². The van der Waals surface area contributed by atoms with Crippen LogP contribution in [-0.2, 0) is 11.3 Å². The number of pyridine rings is 1. The Hall–Kier alpha value is -2.63. The van der Waals surface area contributed by atoms with Gasteiger partial charge in [0.25, 0.3) is 5.91 Å². The first-order chi connectivity index (χ1) is 11.9. The van der Waals surface area contributed by atoms with Crippen molar-refractivity contribution in [2.75, 3.05) is 13.1 Å². The summed E-state index contributed by atoms with van der Waals surface area (Å²) in [7, 11) is 0. The molecular weight excluding hydrogens is 318 g/mol. The van der Waals surface area contributed by atoms with Gasteiger partial charge < -0.3 is 15.2 Å². The molecule has 6 nitrogen and oxygen atoms in total. The van der Waals surface area contributed by atoms with Crippen LogP contribution >= 0.6 is 0 Å². The van der Waals surface area contributed by atoms with Gasteiger partial charge in [-0.05, 0) is 38.8 Å². The maximum Gasteiger partial charge on any atom is 0.259 e. The van der Waals surface area contributed by atoms with Crippen LogP contribution in [0.1, 0.15) is 35.7 Å². The lowest BCUT2D eigenvalue weighted by molar-refractivity contribution is -0.123. The van der Waals surface area contributed by atoms with Gasteiger partial charge >= 0.3 is 0 Å². The Morgan fingerprint density at radius 2 is 1.92 bits per heavy atom. The summed E-state index contributed by atoms with van der Waals surface area (Å²) in [5.74, 6) is -0.768. The summed E-state index contributed by atoms with van der Waals surface area (Å²) in [5.41, 5.74) is 7.12. The monoisotopic (exact) mass is 341 g/mol. The quantitative estimate of drug-likeness (QED) is 0.921. The van der Waals surface area contributed by atoms with E-state index in [4.69, 9.17) is 5.73 Å². The number of aryl methyl sites for hydroxylation is 2. The fourth-order valence-corrected chi connectivity index (χ4v) is 3.46. The zero-order valence-corrected chi connectivity index (χ0v) is 14.6. The van der Waals surface area contributed by atoms with Gasteiger partial charge in [-0.1, -0.05) is 11.6 Å². The van der Waals surface area contributed by atoms with Crippen molar-refractivity contribution >= 4 is 22.7 Å². The number of piperidine rings is 1. The number of nitrogens with zero attached hydrogens (tertiary/aromatic N) is 2. The molecule has 1 fully saturated rings. The molecule has 0 bridgehead atoms. The molecule has 1 aromatic carbocycles. The Kier molecular flexibility index (Phi) is 4.61. The molecule has 2 aromatic rings. The molecule has 1 aromatic heterocycles. The summed E-state index contributed by atoms with van der Waals surface area (Å²) in [6.45, 7) is 5.48. The second kappa shape index (κ2) is 6.70. The molecule has 0 radical (unpaired) electrons. The molecule has 2 amide bonds. The number of benzene rings is 1. The van der Waals surface area contributed by atoms with Crippen LogP contribution in [0.25, 0.3) is 10.9 Å². The number of aromatic nitrogens is 1. The van der Waals surface area contributed by atoms with E-state index in [2.05, 4.69) is 0 Å². The van der Waals surface area contributed by atoms with Gasteiger partial charge in [-0.3, -0.25) is 14.4 Å². The molecular formula is C19H23N3O3. The van der Waals surface area contributed by atoms with E-state index >= 15 is 0 Å². The number of fused-ring (bicyclic) bond motifs is 1. The van der Waals surface area contributed by atoms with E-state index in [-0.39, 0.29) is 28.7 Å². The number of nitrogens with two attached hydrogens (primary N) is 1. The highest BCUT2D eigenvalue weighted by Gasteiger charge is 2.28. The average Bonchev–Trinajstić information content (AvgIpc) is 2.62. The molecule has 0 atom stereocenters. The first-order valence-electron chi connectivity index (χ1n) is 8.64. The van der Waals surface area contributed by atoms with Crippen LogP contribution in [0.4, 0.5) is 0 Å². The highest BCUT2D eigenvalue weighted by molar-refractivity contribution is 5.97. The van der Waals surface area contributed by atoms with Crippen molar-refractivity contribution in [3.63, 3.8) is 0 Å². The van der Waals surface area contributed by atoms with Crippen molar-refractivity contribution in [3.05, 3.63) is 45.7 Å². The number of amides is 2. The number of rotatable bonds is 3. The van der Waals surface area contributed by atoms with Gasteiger partial charge in [0, 0.05) is 37.1 Å². The summed E-state index contributed by atoms with van der Waals surface area (Å²) >= 11 is 0. The van der Waals surface area contributed by atoms with Crippen molar-refractivity contribution < 1.29 is 9.59 Å². The Balaban J connectivity index is 1.98. The maximum atomic E-state index is 12.9. The minimum atomic E-state index is -0.318. The molecule has 1 aliphatic rings. The van der Waals surface area contributed by atoms with Crippen molar-refractivity contribution in [2.24, 2.45) is 11.7 Å². The third kappa shape index (κ3) is 3.16. The fourth-order valence-electron chi connectivity index (χ4n) is 3.46. The van der Waals surface area contributed by atoms with Crippen LogP contribution in [0, 0.1) is 12.8 Å². The third-order valence-electron chi connectivity index (χ3n) is 4.99. The number of hydrogen-bond acceptors (Lipinski definition) is 3. The lowest BCUT2D eigenvalue weighted by Crippen LogP contribution is -2.43. The van der Waals surface area contributed by atoms with Gasteiger partial charge in [0.05, 0.1) is 5.52 Å². The van der Waals surface area contributed by atoms with Gasteiger partial charge in [0.15, 0.2) is 0 Å². The van der Waals surface area contributed by atoms with E-state index in [9.17, 15) is 14.4 Å². The van der Waals surface area contributed by atoms with Gasteiger partial charge in [-0.25, -0.2) is 0 Å². The van der Waals surface area contributed by atoms with E-state index in [1.54, 1.807) is 11.1 Å². The molecule has 0 saturated carbocycles. The molecule has 0 spiro atoms. The summed E-state index contributed by atoms with van der Waals surface area (Å²) in [5, 5.41) is 0.569. The maximum absolute atomic E-state index is 12.9. The van der Waals surface area contributed by atoms with Crippen LogP contribution in [0.2, 0.25) is 0 Å². The van der Waals surface area contributed by atoms with E-state index in [0.717, 1.165) is 11.1 Å². The van der Waals surface area contributed by atoms with Crippen LogP contribution in [-0.4, -0.2) is 34.4 Å². The zero-order chi connectivity index (χ0) is 18.1. The molecule has 6 heteroatoms. The largest absolute Gasteiger partial charge is 0.369 e. The molecule has 0 aliphatic carbocycles. The third-order valence-corrected chi connectivity index (χ3v) is 4.99. The SMILES string of the molecule is CCn1cc(C(=O)N2CCC(C(N)=O)CC2)c(=O)c2cc(C)ccc21. The fraction of sp³-hybridized carbons (Fsp3) is 0.421. The Morgan fingerprint density at radius 3 is 2.52 bits per heavy atom. The normalized spacial score (nSPS) is 15.5. The highest BCUT2D eigenvalue weighted by atomic mass is 16.2. The lowest BCUT2D eigenvalue weighted by atomic mass is 9.96. The lowest BCUT2D eigenvalue weighted by Gasteiger charge is -2.30. The first kappa shape index (κ1) is 17.2. The van der Waals surface area contributed by atoms with Crippen molar-refractivity contribution in [3.8, 4) is 0 Å². The van der Waals surface area contributed by atoms with Gasteiger partial charge in [-0.15, -0.1) is 0 Å². The number of likely N-dealkylation sites (tertiary alicyclic amines) is 1. The molecule has 1 aliphatic heterocycles. The van der Waals surface area contributed by atoms with Gasteiger partial charge in [0.2, 0.25) is 11.3 Å². The van der Waals surface area contributed by atoms with Crippen LogP contribution < -0.4 is 11.2 Å². The van der Waals surface area contributed by atoms with Crippen LogP contribution in [0.3, 0.4) is 0 Å². The van der Waals surface area contributed by atoms with E-state index in [0.29, 0.717) is 37.9 Å². The zero-order valence-electron chi connectivity index (χ0n) is 14.6. The smallest absolute Gasteiger partial charge is 0.259 e. The summed E-state index contributed by atoms with van der Waals surface area (Å²) in [4.78, 5) is 38.7. The number of hydrogen-bond donors (Lipinski definition) is 1. The molecule has 2 heterocycles. The minimum Gasteiger partial charge on any atom is -0.369 e. The number of carbonyl (C=O) groups excluding carboxylic acids is 2. The molecule has 132 valence electrons. The standard InChI is InChI=1S/C19H23N3O3/c1-3-21-11-15(17(23)14-10-12(2)4-5-16(14)21)19(25)22-8-6-13(7-9-22)18(20)24/h4-5,10-11,13H,3,6-9H2,1-2H3,(H2,20,24). The highest BCUT2D eigenvalue weighted by Crippen LogP contribution is 2.19. The second-order valence-electron chi connectivity index (χ2n) is 6.65. The number of carbonyl (C=O) groups is 2. The van der Waals surface area contributed by atoms with Crippen LogP contribution in [0.5, 0.6) is 0 Å². The van der Waals surface area contributed by atoms with E-state index < -0.39 is 0 Å². The van der Waals surface area contributed by atoms with Crippen molar-refractivity contribution in [2.45, 2.75) is 33.2 Å². The topological polar surface area (TPSA) is 85.4 Å². The molecule has 25 heavy (non-hydrogen) atoms. The first-order valence-corrected chi connectivity index (χ1v) is 8.64. The Bertz CT molecular complexity index is 893. The van der Waals surface area contributed by atoms with E-state index in [1.165, 1.54) is 0 Å².